The van der Waals surface area contributed by atoms with E-state index >= 15 is 0 Å². The summed E-state index contributed by atoms with van der Waals surface area (Å²) in [6.45, 7) is 6.67. The second kappa shape index (κ2) is 61.2. The highest BCUT2D eigenvalue weighted by Gasteiger charge is 2.19. The molecule has 0 saturated carbocycles. The van der Waals surface area contributed by atoms with E-state index in [2.05, 4.69) is 57.2 Å². The maximum absolute atomic E-state index is 12.9. The van der Waals surface area contributed by atoms with Crippen LogP contribution in [0.3, 0.4) is 0 Å². The highest BCUT2D eigenvalue weighted by Crippen LogP contribution is 2.17. The predicted molar refractivity (Wildman–Crippen MR) is 312 cm³/mol. The molecule has 0 heterocycles. The van der Waals surface area contributed by atoms with Crippen LogP contribution in [0.1, 0.15) is 348 Å². The Morgan fingerprint density at radius 1 is 0.278 bits per heavy atom. The largest absolute Gasteiger partial charge is 0.462 e. The lowest BCUT2D eigenvalue weighted by molar-refractivity contribution is -0.167. The number of rotatable bonds is 59. The van der Waals surface area contributed by atoms with Crippen LogP contribution in [0.2, 0.25) is 0 Å². The van der Waals surface area contributed by atoms with Gasteiger partial charge in [0.25, 0.3) is 0 Å². The molecule has 0 N–H and O–H groups in total. The second-order valence-electron chi connectivity index (χ2n) is 21.7. The maximum atomic E-state index is 12.9. The molecule has 0 spiro atoms. The molecule has 0 rings (SSSR count). The number of carbonyl (C=O) groups excluding carboxylic acids is 3. The Balaban J connectivity index is 4.34. The Morgan fingerprint density at radius 2 is 0.500 bits per heavy atom. The van der Waals surface area contributed by atoms with Crippen molar-refractivity contribution in [2.24, 2.45) is 0 Å². The van der Waals surface area contributed by atoms with Gasteiger partial charge in [0.15, 0.2) is 6.10 Å². The molecule has 1 atom stereocenters. The van der Waals surface area contributed by atoms with Gasteiger partial charge in [0.1, 0.15) is 13.2 Å². The number of allylic oxidation sites excluding steroid dienone is 6. The number of esters is 3. The van der Waals surface area contributed by atoms with Crippen LogP contribution in [0.15, 0.2) is 36.5 Å². The molecule has 0 amide bonds. The molecule has 0 aliphatic carbocycles. The van der Waals surface area contributed by atoms with E-state index in [9.17, 15) is 14.4 Å². The van der Waals surface area contributed by atoms with Crippen molar-refractivity contribution >= 4 is 17.9 Å². The monoisotopic (exact) mass is 1010 g/mol. The fourth-order valence-electron chi connectivity index (χ4n) is 9.53. The summed E-state index contributed by atoms with van der Waals surface area (Å²) in [5.41, 5.74) is 0. The van der Waals surface area contributed by atoms with Gasteiger partial charge < -0.3 is 14.2 Å². The van der Waals surface area contributed by atoms with E-state index in [0.29, 0.717) is 19.3 Å². The standard InChI is InChI=1S/C66H122O6/c1-4-7-10-13-16-19-22-25-28-31-33-34-36-38-41-44-47-50-53-56-59-65(68)71-62-63(61-70-64(67)58-55-52-49-46-43-40-37-30-27-24-21-18-15-12-9-6-3)72-66(69)60-57-54-51-48-45-42-39-35-32-29-26-23-20-17-14-11-8-5-2/h20,23,29-30,32,37,63H,4-19,21-22,24-28,31,33-36,38-62H2,1-3H3/b23-20-,32-29-,37-30-. The zero-order chi connectivity index (χ0) is 52.2. The van der Waals surface area contributed by atoms with Crippen molar-refractivity contribution in [2.45, 2.75) is 354 Å². The van der Waals surface area contributed by atoms with E-state index in [1.807, 2.05) is 0 Å². The second-order valence-corrected chi connectivity index (χ2v) is 21.7. The van der Waals surface area contributed by atoms with Crippen molar-refractivity contribution in [3.8, 4) is 0 Å². The first-order valence-corrected chi connectivity index (χ1v) is 32.0. The van der Waals surface area contributed by atoms with Crippen LogP contribution in [-0.2, 0) is 28.6 Å². The Bertz CT molecular complexity index is 1210. The predicted octanol–water partition coefficient (Wildman–Crippen LogP) is 21.6. The Morgan fingerprint density at radius 3 is 0.792 bits per heavy atom. The van der Waals surface area contributed by atoms with E-state index in [1.54, 1.807) is 0 Å². The van der Waals surface area contributed by atoms with Crippen LogP contribution < -0.4 is 0 Å². The summed E-state index contributed by atoms with van der Waals surface area (Å²) in [6.07, 6.45) is 74.3. The van der Waals surface area contributed by atoms with Gasteiger partial charge >= 0.3 is 17.9 Å². The Hall–Kier alpha value is -2.37. The first-order valence-electron chi connectivity index (χ1n) is 32.0. The molecule has 0 saturated heterocycles. The molecule has 1 unspecified atom stereocenters. The molecule has 0 aliphatic rings. The van der Waals surface area contributed by atoms with Crippen molar-refractivity contribution in [1.82, 2.24) is 0 Å². The van der Waals surface area contributed by atoms with Crippen LogP contribution >= 0.6 is 0 Å². The van der Waals surface area contributed by atoms with Crippen molar-refractivity contribution in [3.63, 3.8) is 0 Å². The van der Waals surface area contributed by atoms with Crippen LogP contribution in [-0.4, -0.2) is 37.2 Å². The molecule has 6 heteroatoms. The zero-order valence-corrected chi connectivity index (χ0v) is 48.5. The van der Waals surface area contributed by atoms with Crippen molar-refractivity contribution in [1.29, 1.82) is 0 Å². The van der Waals surface area contributed by atoms with Gasteiger partial charge in [-0.25, -0.2) is 0 Å². The number of carbonyl (C=O) groups is 3. The van der Waals surface area contributed by atoms with Gasteiger partial charge in [-0.1, -0.05) is 288 Å². The van der Waals surface area contributed by atoms with E-state index in [1.165, 1.54) is 231 Å². The van der Waals surface area contributed by atoms with Crippen LogP contribution in [0.5, 0.6) is 0 Å². The van der Waals surface area contributed by atoms with Crippen molar-refractivity contribution in [3.05, 3.63) is 36.5 Å². The third kappa shape index (κ3) is 58.5. The Kier molecular flexibility index (Phi) is 59.2. The van der Waals surface area contributed by atoms with E-state index in [-0.39, 0.29) is 31.1 Å². The summed E-state index contributed by atoms with van der Waals surface area (Å²) in [4.78, 5) is 38.3. The number of hydrogen-bond donors (Lipinski definition) is 0. The minimum Gasteiger partial charge on any atom is -0.462 e. The quantitative estimate of drug-likeness (QED) is 0.0261. The van der Waals surface area contributed by atoms with Crippen LogP contribution in [0.25, 0.3) is 0 Å². The molecule has 0 bridgehead atoms. The van der Waals surface area contributed by atoms with Gasteiger partial charge in [-0.3, -0.25) is 14.4 Å². The van der Waals surface area contributed by atoms with E-state index < -0.39 is 6.10 Å². The molecular weight excluding hydrogens is 889 g/mol. The van der Waals surface area contributed by atoms with Gasteiger partial charge in [-0.05, 0) is 77.0 Å². The number of unbranched alkanes of at least 4 members (excludes halogenated alkanes) is 42. The molecule has 0 aromatic heterocycles. The van der Waals surface area contributed by atoms with Crippen molar-refractivity contribution in [2.75, 3.05) is 13.2 Å². The fraction of sp³-hybridized carbons (Fsp3) is 0.864. The molecule has 72 heavy (non-hydrogen) atoms. The minimum absolute atomic E-state index is 0.0739. The van der Waals surface area contributed by atoms with Gasteiger partial charge in [0.2, 0.25) is 0 Å². The highest BCUT2D eigenvalue weighted by molar-refractivity contribution is 5.71. The van der Waals surface area contributed by atoms with Crippen LogP contribution in [0.4, 0.5) is 0 Å². The SMILES string of the molecule is CCCCCC/C=C\C/C=C\CCCCCCCCCC(=O)OC(COC(=O)CCCCCCC/C=C\CCCCCCCCC)COC(=O)CCCCCCCCCCCCCCCCCCCCCC. The average molecular weight is 1010 g/mol. The number of hydrogen-bond acceptors (Lipinski definition) is 6. The molecule has 0 aromatic carbocycles. The summed E-state index contributed by atoms with van der Waals surface area (Å²) in [7, 11) is 0. The first-order chi connectivity index (χ1) is 35.5. The molecule has 0 aromatic rings. The Labute approximate surface area is 448 Å². The smallest absolute Gasteiger partial charge is 0.306 e. The minimum atomic E-state index is -0.778. The summed E-state index contributed by atoms with van der Waals surface area (Å²) in [5, 5.41) is 0. The molecular formula is C66H122O6. The summed E-state index contributed by atoms with van der Waals surface area (Å²) in [5.74, 6) is -0.867. The highest BCUT2D eigenvalue weighted by atomic mass is 16.6. The topological polar surface area (TPSA) is 78.9 Å². The lowest BCUT2D eigenvalue weighted by Crippen LogP contribution is -2.30. The third-order valence-electron chi connectivity index (χ3n) is 14.4. The van der Waals surface area contributed by atoms with Gasteiger partial charge in [0.05, 0.1) is 0 Å². The third-order valence-corrected chi connectivity index (χ3v) is 14.4. The van der Waals surface area contributed by atoms with Gasteiger partial charge in [-0.2, -0.15) is 0 Å². The lowest BCUT2D eigenvalue weighted by atomic mass is 10.0. The maximum Gasteiger partial charge on any atom is 0.306 e. The average Bonchev–Trinajstić information content (AvgIpc) is 3.38. The molecule has 0 fully saturated rings. The van der Waals surface area contributed by atoms with Crippen LogP contribution in [0, 0.1) is 0 Å². The summed E-state index contributed by atoms with van der Waals surface area (Å²) >= 11 is 0. The lowest BCUT2D eigenvalue weighted by Gasteiger charge is -2.18. The summed E-state index contributed by atoms with van der Waals surface area (Å²) < 4.78 is 16.9. The van der Waals surface area contributed by atoms with Gasteiger partial charge in [-0.15, -0.1) is 0 Å². The van der Waals surface area contributed by atoms with Gasteiger partial charge in [0, 0.05) is 19.3 Å². The van der Waals surface area contributed by atoms with E-state index in [4.69, 9.17) is 14.2 Å². The fourth-order valence-corrected chi connectivity index (χ4v) is 9.53. The first kappa shape index (κ1) is 69.6. The molecule has 422 valence electrons. The normalized spacial score (nSPS) is 12.2. The number of ether oxygens (including phenoxy) is 3. The zero-order valence-electron chi connectivity index (χ0n) is 48.5. The van der Waals surface area contributed by atoms with E-state index in [0.717, 1.165) is 77.0 Å². The molecule has 0 aliphatic heterocycles. The van der Waals surface area contributed by atoms with Crippen molar-refractivity contribution < 1.29 is 28.6 Å². The summed E-state index contributed by atoms with van der Waals surface area (Å²) in [6, 6.07) is 0. The molecule has 0 radical (unpaired) electrons. The molecule has 6 nitrogen and oxygen atoms in total.